The van der Waals surface area contributed by atoms with Crippen LogP contribution in [0.25, 0.3) is 10.1 Å². The first-order valence-corrected chi connectivity index (χ1v) is 11.4. The van der Waals surface area contributed by atoms with Gasteiger partial charge in [-0.05, 0) is 35.9 Å². The molecule has 0 radical (unpaired) electrons. The molecule has 0 atom stereocenters. The van der Waals surface area contributed by atoms with Crippen LogP contribution in [-0.4, -0.2) is 24.0 Å². The molecular weight excluding hydrogens is 497 g/mol. The first-order chi connectivity index (χ1) is 16.4. The summed E-state index contributed by atoms with van der Waals surface area (Å²) in [5.74, 6) is -2.21. The minimum atomic E-state index is -0.974. The molecule has 7 nitrogen and oxygen atoms in total. The first kappa shape index (κ1) is 23.4. The van der Waals surface area contributed by atoms with E-state index in [-0.39, 0.29) is 5.75 Å². The molecule has 0 aliphatic heterocycles. The predicted octanol–water partition coefficient (Wildman–Crippen LogP) is 5.52. The van der Waals surface area contributed by atoms with Crippen molar-refractivity contribution in [2.75, 3.05) is 5.32 Å². The number of nitrogens with zero attached hydrogens (tertiary/aromatic N) is 1. The number of hydrogen-bond donors (Lipinski definition) is 2. The van der Waals surface area contributed by atoms with Crippen LogP contribution in [0.15, 0.2) is 77.9 Å². The summed E-state index contributed by atoms with van der Waals surface area (Å²) in [7, 11) is 0. The Kier molecular flexibility index (Phi) is 7.22. The zero-order valence-electron chi connectivity index (χ0n) is 17.2. The summed E-state index contributed by atoms with van der Waals surface area (Å²) in [6.07, 6.45) is 1.31. The van der Waals surface area contributed by atoms with Crippen LogP contribution in [0.2, 0.25) is 10.0 Å². The van der Waals surface area contributed by atoms with Crippen molar-refractivity contribution < 1.29 is 19.1 Å². The second-order valence-electron chi connectivity index (χ2n) is 6.84. The molecule has 0 unspecified atom stereocenters. The van der Waals surface area contributed by atoms with Crippen LogP contribution in [0.4, 0.5) is 5.69 Å². The van der Waals surface area contributed by atoms with Crippen molar-refractivity contribution in [1.29, 1.82) is 0 Å². The smallest absolute Gasteiger partial charge is 0.355 e. The molecule has 0 fully saturated rings. The Morgan fingerprint density at radius 3 is 2.47 bits per heavy atom. The zero-order chi connectivity index (χ0) is 24.1. The molecule has 34 heavy (non-hydrogen) atoms. The summed E-state index contributed by atoms with van der Waals surface area (Å²) >= 11 is 13.5. The quantitative estimate of drug-likeness (QED) is 0.121. The van der Waals surface area contributed by atoms with Gasteiger partial charge < -0.3 is 10.1 Å². The number of benzene rings is 3. The van der Waals surface area contributed by atoms with Crippen LogP contribution >= 0.6 is 34.5 Å². The fourth-order valence-electron chi connectivity index (χ4n) is 2.91. The fraction of sp³-hybridized carbons (Fsp3) is 0. The number of para-hydroxylation sites is 1. The number of thiophene rings is 1. The van der Waals surface area contributed by atoms with Gasteiger partial charge in [-0.2, -0.15) is 5.10 Å². The van der Waals surface area contributed by atoms with Crippen molar-refractivity contribution in [3.63, 3.8) is 0 Å². The highest BCUT2D eigenvalue weighted by molar-refractivity contribution is 7.21. The van der Waals surface area contributed by atoms with E-state index in [1.807, 2.05) is 24.3 Å². The molecule has 2 N–H and O–H groups in total. The van der Waals surface area contributed by atoms with Crippen molar-refractivity contribution in [2.24, 2.45) is 5.10 Å². The molecule has 0 spiro atoms. The zero-order valence-corrected chi connectivity index (χ0v) is 19.6. The number of anilines is 1. The Morgan fingerprint density at radius 1 is 0.912 bits per heavy atom. The summed E-state index contributed by atoms with van der Waals surface area (Å²) in [6.45, 7) is 0. The summed E-state index contributed by atoms with van der Waals surface area (Å²) in [5, 5.41) is 7.60. The lowest BCUT2D eigenvalue weighted by Crippen LogP contribution is -2.32. The van der Waals surface area contributed by atoms with Gasteiger partial charge in [-0.15, -0.1) is 11.3 Å². The average Bonchev–Trinajstić information content (AvgIpc) is 3.17. The van der Waals surface area contributed by atoms with Gasteiger partial charge >= 0.3 is 17.8 Å². The number of amides is 2. The molecule has 1 heterocycles. The van der Waals surface area contributed by atoms with Gasteiger partial charge in [-0.3, -0.25) is 9.59 Å². The summed E-state index contributed by atoms with van der Waals surface area (Å²) in [4.78, 5) is 36.9. The van der Waals surface area contributed by atoms with Gasteiger partial charge in [0.25, 0.3) is 0 Å². The van der Waals surface area contributed by atoms with Crippen molar-refractivity contribution in [3.05, 3.63) is 93.3 Å². The molecule has 0 aliphatic carbocycles. The Bertz CT molecular complexity index is 1430. The molecule has 2 amide bonds. The maximum Gasteiger partial charge on any atom is 0.355 e. The molecule has 0 aliphatic rings. The van der Waals surface area contributed by atoms with E-state index in [1.165, 1.54) is 17.6 Å². The third kappa shape index (κ3) is 5.43. The largest absolute Gasteiger partial charge is 0.422 e. The Balaban J connectivity index is 1.38. The molecular formula is C24H15Cl2N3O4S. The summed E-state index contributed by atoms with van der Waals surface area (Å²) in [6, 6.07) is 20.4. The highest BCUT2D eigenvalue weighted by Gasteiger charge is 2.19. The van der Waals surface area contributed by atoms with Gasteiger partial charge in [-0.25, -0.2) is 10.2 Å². The highest BCUT2D eigenvalue weighted by Crippen LogP contribution is 2.35. The number of ether oxygens (including phenoxy) is 1. The van der Waals surface area contributed by atoms with Crippen LogP contribution in [-0.2, 0) is 9.59 Å². The number of fused-ring (bicyclic) bond motifs is 1. The number of hydrogen-bond acceptors (Lipinski definition) is 6. The minimum absolute atomic E-state index is 0.269. The number of rotatable bonds is 5. The van der Waals surface area contributed by atoms with E-state index in [4.69, 9.17) is 27.9 Å². The van der Waals surface area contributed by atoms with E-state index in [0.29, 0.717) is 26.2 Å². The lowest BCUT2D eigenvalue weighted by molar-refractivity contribution is -0.136. The number of nitrogens with one attached hydrogen (secondary N) is 2. The Morgan fingerprint density at radius 2 is 1.68 bits per heavy atom. The number of halogens is 2. The lowest BCUT2D eigenvalue weighted by atomic mass is 10.2. The molecule has 1 aromatic heterocycles. The molecule has 4 aromatic rings. The third-order valence-electron chi connectivity index (χ3n) is 4.50. The number of carbonyl (C=O) groups is 3. The minimum Gasteiger partial charge on any atom is -0.422 e. The van der Waals surface area contributed by atoms with Crippen molar-refractivity contribution in [1.82, 2.24) is 5.43 Å². The normalized spacial score (nSPS) is 10.9. The topological polar surface area (TPSA) is 96.9 Å². The SMILES string of the molecule is O=C(N/N=C/c1cccc(OC(=O)c2sc3ccccc3c2Cl)c1)C(=O)Nc1ccccc1Cl. The number of esters is 1. The van der Waals surface area contributed by atoms with Crippen molar-refractivity contribution >= 4 is 74.3 Å². The maximum absolute atomic E-state index is 12.6. The molecule has 10 heteroatoms. The predicted molar refractivity (Wildman–Crippen MR) is 134 cm³/mol. The molecule has 0 saturated carbocycles. The van der Waals surface area contributed by atoms with E-state index in [9.17, 15) is 14.4 Å². The molecule has 0 bridgehead atoms. The number of hydrazone groups is 1. The first-order valence-electron chi connectivity index (χ1n) is 9.80. The summed E-state index contributed by atoms with van der Waals surface area (Å²) in [5.41, 5.74) is 2.97. The van der Waals surface area contributed by atoms with Crippen LogP contribution in [0.5, 0.6) is 5.75 Å². The number of carbonyl (C=O) groups excluding carboxylic acids is 3. The second-order valence-corrected chi connectivity index (χ2v) is 8.67. The highest BCUT2D eigenvalue weighted by atomic mass is 35.5. The fourth-order valence-corrected chi connectivity index (χ4v) is 4.48. The Labute approximate surface area is 207 Å². The van der Waals surface area contributed by atoms with Gasteiger partial charge in [0, 0.05) is 10.1 Å². The van der Waals surface area contributed by atoms with Crippen molar-refractivity contribution in [2.45, 2.75) is 0 Å². The van der Waals surface area contributed by atoms with Gasteiger partial charge in [0.2, 0.25) is 0 Å². The van der Waals surface area contributed by atoms with E-state index in [2.05, 4.69) is 15.8 Å². The van der Waals surface area contributed by atoms with Crippen LogP contribution < -0.4 is 15.5 Å². The van der Waals surface area contributed by atoms with E-state index in [0.717, 1.165) is 10.1 Å². The van der Waals surface area contributed by atoms with Crippen molar-refractivity contribution in [3.8, 4) is 5.75 Å². The lowest BCUT2D eigenvalue weighted by Gasteiger charge is -2.05. The van der Waals surface area contributed by atoms with E-state index >= 15 is 0 Å². The maximum atomic E-state index is 12.6. The van der Waals surface area contributed by atoms with Crippen LogP contribution in [0.3, 0.4) is 0 Å². The molecule has 0 saturated heterocycles. The third-order valence-corrected chi connectivity index (χ3v) is 6.48. The molecule has 170 valence electrons. The van der Waals surface area contributed by atoms with Gasteiger partial charge in [-0.1, -0.05) is 65.7 Å². The van der Waals surface area contributed by atoms with Crippen LogP contribution in [0.1, 0.15) is 15.2 Å². The molecule has 4 rings (SSSR count). The van der Waals surface area contributed by atoms with Gasteiger partial charge in [0.05, 0.1) is 21.9 Å². The second kappa shape index (κ2) is 10.5. The average molecular weight is 512 g/mol. The van der Waals surface area contributed by atoms with Gasteiger partial charge in [0.15, 0.2) is 0 Å². The van der Waals surface area contributed by atoms with E-state index < -0.39 is 17.8 Å². The van der Waals surface area contributed by atoms with Gasteiger partial charge in [0.1, 0.15) is 10.6 Å². The van der Waals surface area contributed by atoms with E-state index in [1.54, 1.807) is 48.5 Å². The Hall–Kier alpha value is -3.72. The molecule has 3 aromatic carbocycles. The standard InChI is InChI=1S/C24H15Cl2N3O4S/c25-17-9-2-3-10-18(17)28-22(30)23(31)29-27-13-14-6-5-7-15(12-14)33-24(32)21-20(26)16-8-1-4-11-19(16)34-21/h1-13H,(H,28,30)(H,29,31)/b27-13+. The summed E-state index contributed by atoms with van der Waals surface area (Å²) < 4.78 is 6.34. The van der Waals surface area contributed by atoms with Crippen LogP contribution in [0, 0.1) is 0 Å². The monoisotopic (exact) mass is 511 g/mol.